The van der Waals surface area contributed by atoms with Crippen LogP contribution in [-0.2, 0) is 0 Å². The van der Waals surface area contributed by atoms with E-state index in [1.54, 1.807) is 6.20 Å². The highest BCUT2D eigenvalue weighted by Crippen LogP contribution is 2.27. The number of aromatic nitrogens is 1. The highest BCUT2D eigenvalue weighted by atomic mass is 79.9. The molecule has 1 atom stereocenters. The number of pyridine rings is 1. The van der Waals surface area contributed by atoms with Gasteiger partial charge in [-0.15, -0.1) is 0 Å². The van der Waals surface area contributed by atoms with Gasteiger partial charge < -0.3 is 10.4 Å². The first kappa shape index (κ1) is 15.4. The Bertz CT molecular complexity index is 602. The van der Waals surface area contributed by atoms with Gasteiger partial charge in [0, 0.05) is 20.8 Å². The number of aliphatic hydroxyl groups excluding tert-OH is 1. The van der Waals surface area contributed by atoms with Gasteiger partial charge in [0.15, 0.2) is 0 Å². The van der Waals surface area contributed by atoms with E-state index in [0.717, 1.165) is 14.5 Å². The van der Waals surface area contributed by atoms with Gasteiger partial charge in [-0.1, -0.05) is 0 Å². The van der Waals surface area contributed by atoms with E-state index in [2.05, 4.69) is 42.2 Å². The maximum absolute atomic E-state index is 13.4. The molecule has 2 rings (SSSR count). The van der Waals surface area contributed by atoms with Crippen molar-refractivity contribution in [1.82, 2.24) is 4.98 Å². The number of aryl methyl sites for hydroxylation is 1. The van der Waals surface area contributed by atoms with Crippen LogP contribution in [0.5, 0.6) is 0 Å². The number of aliphatic hydroxyl groups is 1. The number of rotatable bonds is 4. The van der Waals surface area contributed by atoms with E-state index in [9.17, 15) is 9.50 Å². The Morgan fingerprint density at radius 2 is 2.05 bits per heavy atom. The Balaban J connectivity index is 2.28. The van der Waals surface area contributed by atoms with Crippen LogP contribution in [0.3, 0.4) is 0 Å². The standard InChI is InChI=1S/C14H13Br2FN2O/c1-8-2-10(17)5-11(3-8)19-13(7-20)14-12(16)4-9(15)6-18-14/h2-6,13,19-20H,7H2,1H3. The van der Waals surface area contributed by atoms with Crippen LogP contribution in [-0.4, -0.2) is 16.7 Å². The van der Waals surface area contributed by atoms with Gasteiger partial charge in [-0.3, -0.25) is 4.98 Å². The molecule has 0 bridgehead atoms. The van der Waals surface area contributed by atoms with Gasteiger partial charge in [0.2, 0.25) is 0 Å². The average molecular weight is 404 g/mol. The predicted octanol–water partition coefficient (Wildman–Crippen LogP) is 4.20. The van der Waals surface area contributed by atoms with Crippen LogP contribution in [0.1, 0.15) is 17.3 Å². The number of benzene rings is 1. The van der Waals surface area contributed by atoms with Gasteiger partial charge in [-0.05, 0) is 68.6 Å². The normalized spacial score (nSPS) is 12.2. The van der Waals surface area contributed by atoms with E-state index in [0.29, 0.717) is 11.4 Å². The van der Waals surface area contributed by atoms with Crippen molar-refractivity contribution in [1.29, 1.82) is 0 Å². The second kappa shape index (κ2) is 6.65. The smallest absolute Gasteiger partial charge is 0.125 e. The Labute approximate surface area is 133 Å². The summed E-state index contributed by atoms with van der Waals surface area (Å²) in [5.41, 5.74) is 2.09. The maximum Gasteiger partial charge on any atom is 0.125 e. The van der Waals surface area contributed by atoms with Gasteiger partial charge in [-0.2, -0.15) is 0 Å². The first-order valence-corrected chi connectivity index (χ1v) is 7.53. The molecule has 20 heavy (non-hydrogen) atoms. The third-order valence-electron chi connectivity index (χ3n) is 2.73. The van der Waals surface area contributed by atoms with E-state index in [1.165, 1.54) is 12.1 Å². The summed E-state index contributed by atoms with van der Waals surface area (Å²) in [6.07, 6.45) is 1.65. The Morgan fingerprint density at radius 1 is 1.30 bits per heavy atom. The lowest BCUT2D eigenvalue weighted by molar-refractivity contribution is 0.274. The molecule has 0 amide bonds. The summed E-state index contributed by atoms with van der Waals surface area (Å²) in [4.78, 5) is 4.28. The van der Waals surface area contributed by atoms with Crippen LogP contribution in [0.2, 0.25) is 0 Å². The summed E-state index contributed by atoms with van der Waals surface area (Å²) in [5.74, 6) is -0.313. The fourth-order valence-electron chi connectivity index (χ4n) is 1.90. The van der Waals surface area contributed by atoms with Gasteiger partial charge in [0.1, 0.15) is 5.82 Å². The van der Waals surface area contributed by atoms with Crippen LogP contribution < -0.4 is 5.32 Å². The molecular weight excluding hydrogens is 391 g/mol. The molecule has 3 nitrogen and oxygen atoms in total. The van der Waals surface area contributed by atoms with Gasteiger partial charge in [0.05, 0.1) is 18.3 Å². The van der Waals surface area contributed by atoms with Crippen molar-refractivity contribution in [3.63, 3.8) is 0 Å². The summed E-state index contributed by atoms with van der Waals surface area (Å²) < 4.78 is 15.0. The number of anilines is 1. The Kier molecular flexibility index (Phi) is 5.12. The van der Waals surface area contributed by atoms with Crippen LogP contribution in [0.25, 0.3) is 0 Å². The lowest BCUT2D eigenvalue weighted by Crippen LogP contribution is -2.17. The lowest BCUT2D eigenvalue weighted by atomic mass is 10.1. The molecule has 2 N–H and O–H groups in total. The van der Waals surface area contributed by atoms with Crippen LogP contribution in [0.4, 0.5) is 10.1 Å². The van der Waals surface area contributed by atoms with Crippen molar-refractivity contribution in [3.05, 3.63) is 56.5 Å². The fourth-order valence-corrected chi connectivity index (χ4v) is 3.17. The van der Waals surface area contributed by atoms with Crippen molar-refractivity contribution in [2.24, 2.45) is 0 Å². The zero-order valence-electron chi connectivity index (χ0n) is 10.7. The topological polar surface area (TPSA) is 45.1 Å². The molecule has 0 fully saturated rings. The molecule has 106 valence electrons. The van der Waals surface area contributed by atoms with Gasteiger partial charge in [0.25, 0.3) is 0 Å². The zero-order valence-corrected chi connectivity index (χ0v) is 13.9. The fraction of sp³-hybridized carbons (Fsp3) is 0.214. The van der Waals surface area contributed by atoms with Crippen molar-refractivity contribution in [3.8, 4) is 0 Å². The minimum Gasteiger partial charge on any atom is -0.394 e. The molecule has 0 aliphatic carbocycles. The summed E-state index contributed by atoms with van der Waals surface area (Å²) in [7, 11) is 0. The van der Waals surface area contributed by atoms with Gasteiger partial charge in [-0.25, -0.2) is 4.39 Å². The van der Waals surface area contributed by atoms with E-state index in [4.69, 9.17) is 0 Å². The molecule has 2 aromatic rings. The molecular formula is C14H13Br2FN2O. The highest BCUT2D eigenvalue weighted by molar-refractivity contribution is 9.11. The number of hydrogen-bond donors (Lipinski definition) is 2. The molecule has 0 spiro atoms. The number of nitrogens with one attached hydrogen (secondary N) is 1. The first-order valence-electron chi connectivity index (χ1n) is 5.95. The molecule has 0 aliphatic rings. The van der Waals surface area contributed by atoms with Gasteiger partial charge >= 0.3 is 0 Å². The molecule has 1 aromatic carbocycles. The minimum absolute atomic E-state index is 0.150. The molecule has 0 saturated heterocycles. The van der Waals surface area contributed by atoms with Crippen LogP contribution in [0.15, 0.2) is 39.4 Å². The average Bonchev–Trinajstić information content (AvgIpc) is 2.35. The van der Waals surface area contributed by atoms with Crippen LogP contribution in [0, 0.1) is 12.7 Å². The van der Waals surface area contributed by atoms with Crippen molar-refractivity contribution in [2.75, 3.05) is 11.9 Å². The zero-order chi connectivity index (χ0) is 14.7. The molecule has 1 unspecified atom stereocenters. The molecule has 1 aromatic heterocycles. The van der Waals surface area contributed by atoms with E-state index in [1.807, 2.05) is 19.1 Å². The molecule has 0 radical (unpaired) electrons. The molecule has 6 heteroatoms. The molecule has 1 heterocycles. The van der Waals surface area contributed by atoms with Crippen molar-refractivity contribution >= 4 is 37.5 Å². The SMILES string of the molecule is Cc1cc(F)cc(NC(CO)c2ncc(Br)cc2Br)c1. The first-order chi connectivity index (χ1) is 9.49. The molecule has 0 aliphatic heterocycles. The van der Waals surface area contributed by atoms with Crippen molar-refractivity contribution < 1.29 is 9.50 Å². The number of halogens is 3. The summed E-state index contributed by atoms with van der Waals surface area (Å²) in [6.45, 7) is 1.67. The predicted molar refractivity (Wildman–Crippen MR) is 84.2 cm³/mol. The van der Waals surface area contributed by atoms with Crippen molar-refractivity contribution in [2.45, 2.75) is 13.0 Å². The number of hydrogen-bond acceptors (Lipinski definition) is 3. The highest BCUT2D eigenvalue weighted by Gasteiger charge is 2.16. The van der Waals surface area contributed by atoms with E-state index >= 15 is 0 Å². The largest absolute Gasteiger partial charge is 0.394 e. The molecule has 0 saturated carbocycles. The second-order valence-electron chi connectivity index (χ2n) is 4.42. The monoisotopic (exact) mass is 402 g/mol. The summed E-state index contributed by atoms with van der Waals surface area (Å²) in [5, 5.41) is 12.6. The van der Waals surface area contributed by atoms with E-state index < -0.39 is 6.04 Å². The summed E-state index contributed by atoms with van der Waals surface area (Å²) >= 11 is 6.74. The number of nitrogens with zero attached hydrogens (tertiary/aromatic N) is 1. The third-order valence-corrected chi connectivity index (χ3v) is 3.80. The second-order valence-corrected chi connectivity index (χ2v) is 6.19. The Hall–Kier alpha value is -0.980. The lowest BCUT2D eigenvalue weighted by Gasteiger charge is -2.19. The quantitative estimate of drug-likeness (QED) is 0.804. The van der Waals surface area contributed by atoms with E-state index in [-0.39, 0.29) is 12.4 Å². The van der Waals surface area contributed by atoms with Crippen LogP contribution >= 0.6 is 31.9 Å². The Morgan fingerprint density at radius 3 is 2.65 bits per heavy atom. The minimum atomic E-state index is -0.418. The maximum atomic E-state index is 13.4. The summed E-state index contributed by atoms with van der Waals surface area (Å²) in [6, 6.07) is 6.09. The third kappa shape index (κ3) is 3.77.